The fourth-order valence-electron chi connectivity index (χ4n) is 14.8. The molecule has 0 spiro atoms. The first-order chi connectivity index (χ1) is 59.5. The van der Waals surface area contributed by atoms with Crippen LogP contribution in [0.2, 0.25) is 0 Å². The number of thioether (sulfide) groups is 4. The summed E-state index contributed by atoms with van der Waals surface area (Å²) in [5, 5.41) is 93.8. The normalized spacial score (nSPS) is 28.1. The minimum Gasteiger partial charge on any atom is -0.462 e. The van der Waals surface area contributed by atoms with Gasteiger partial charge in [0.1, 0.15) is 141 Å². The van der Waals surface area contributed by atoms with Crippen LogP contribution in [0.4, 0.5) is 70.3 Å². The molecule has 694 valence electrons. The molecule has 20 atom stereocenters. The summed E-state index contributed by atoms with van der Waals surface area (Å²) < 4.78 is 44.4. The van der Waals surface area contributed by atoms with E-state index in [1.165, 1.54) is 59.9 Å². The summed E-state index contributed by atoms with van der Waals surface area (Å²) in [7, 11) is 3.65. The zero-order valence-corrected chi connectivity index (χ0v) is 75.0. The highest BCUT2D eigenvalue weighted by Gasteiger charge is 2.55. The molecule has 0 radical (unpaired) electrons. The molecule has 26 N–H and O–H groups in total. The van der Waals surface area contributed by atoms with Gasteiger partial charge < -0.3 is 145 Å². The molecule has 13 heterocycles. The van der Waals surface area contributed by atoms with Gasteiger partial charge in [0.15, 0.2) is 54.0 Å². The van der Waals surface area contributed by atoms with Crippen LogP contribution < -0.4 is 85.9 Å². The van der Waals surface area contributed by atoms with Gasteiger partial charge in [-0.05, 0) is 62.2 Å². The number of anilines is 12. The minimum atomic E-state index is -1.30. The van der Waals surface area contributed by atoms with Crippen molar-refractivity contribution in [2.45, 2.75) is 261 Å². The van der Waals surface area contributed by atoms with Crippen LogP contribution in [0, 0.1) is 23.7 Å². The van der Waals surface area contributed by atoms with Gasteiger partial charge in [0.25, 0.3) is 0 Å². The summed E-state index contributed by atoms with van der Waals surface area (Å²) in [6.07, 6.45) is -9.25. The van der Waals surface area contributed by atoms with Gasteiger partial charge in [0.05, 0.1) is 39.7 Å². The van der Waals surface area contributed by atoms with Crippen LogP contribution in [0.5, 0.6) is 0 Å². The Hall–Kier alpha value is -8.48. The topological polar surface area (TPSA) is 659 Å². The number of nitrogens with two attached hydrogens (primary N) is 8. The molecule has 2 saturated carbocycles. The average molecular weight is 1840 g/mol. The third-order valence-corrected chi connectivity index (χ3v) is 26.7. The number of rotatable bonds is 26. The molecule has 4 aromatic rings. The Morgan fingerprint density at radius 1 is 0.397 bits per heavy atom. The number of aromatic nitrogens is 8. The predicted octanol–water partition coefficient (Wildman–Crippen LogP) is 0.256. The Bertz CT molecular complexity index is 4660. The minimum absolute atomic E-state index is 0.0546. The van der Waals surface area contributed by atoms with Crippen molar-refractivity contribution < 1.29 is 97.9 Å². The van der Waals surface area contributed by atoms with Crippen LogP contribution in [0.1, 0.15) is 107 Å². The standard InChI is InChI=1S/C21H32N6O5S.C20H30N6O5S.C19H28N6O5S.C18H28N6O5S/c1-9(2)13(22)20(30)31-8-12-14(28)15(29)19(32-12)27-10(3)33-16-17(24-11-6-4-5-7-11)25-21(23)26-18(16)27;1-9(2)12(21)19(29)30-8-11-13(27)14(28)18(31-11)26-10(3)32-15-16(25-6-4-5-7-25)23-20(22)24-17(15)26;1-7(2)11(20)18(28)29-6-10-12(26)13(27)17(30-10)25-8(3)31-14-15(22-9-4-5-9)23-19(21)24-16(14)25;1-7(2)10(19)17(27)28-6-9-11(25)12(26)16(29-9)24-8(3)30-13-14(23(4)5)21-18(20)22-15(13)24/h9,11-15,19,28-29H,3-8,22H2,1-2H3,(H3,23,24,25,26);9,11-14,18,27-28H,3-8,21H2,1-2H3,(H2,22,23,24);7,9-13,17,26-27H,3-6,20H2,1-2H3,(H3,21,22,23,24);7,9-12,16,25-26H,3,6,19H2,1-2,4-5H3,(H2,20,21,22)/t12-,13+,14-,15-,19-;11-,12+,13-,14-,18-;10-,11+,12-,13-,17-;9-,10+,11-,12-,16-/m1111/s1. The quantitative estimate of drug-likeness (QED) is 0.0296. The van der Waals surface area contributed by atoms with Crippen molar-refractivity contribution in [3.63, 3.8) is 0 Å². The average Bonchev–Trinajstić information content (AvgIpc) is 1.61. The Morgan fingerprint density at radius 2 is 0.659 bits per heavy atom. The summed E-state index contributed by atoms with van der Waals surface area (Å²) in [6, 6.07) is -2.45. The Labute approximate surface area is 745 Å². The molecule has 44 nitrogen and oxygen atoms in total. The Morgan fingerprint density at radius 3 is 0.960 bits per heavy atom. The third kappa shape index (κ3) is 21.0. The number of fused-ring (bicyclic) bond motifs is 4. The largest absolute Gasteiger partial charge is 0.462 e. The first-order valence-electron chi connectivity index (χ1n) is 41.6. The van der Waals surface area contributed by atoms with E-state index in [9.17, 15) is 60.0 Å². The van der Waals surface area contributed by atoms with Gasteiger partial charge in [-0.25, -0.2) is 0 Å². The number of nitrogens with one attached hydrogen (secondary N) is 2. The zero-order chi connectivity index (χ0) is 91.8. The van der Waals surface area contributed by atoms with Gasteiger partial charge in [-0.15, -0.1) is 0 Å². The van der Waals surface area contributed by atoms with E-state index in [0.717, 1.165) is 72.1 Å². The summed E-state index contributed by atoms with van der Waals surface area (Å²) in [4.78, 5) is 96.2. The number of nitrogens with zero attached hydrogens (tertiary/aromatic N) is 14. The fraction of sp³-hybridized carbons (Fsp3) is 0.641. The number of nitrogen functional groups attached to an aromatic ring is 4. The molecular weight excluding hydrogens is 1720 g/mol. The van der Waals surface area contributed by atoms with E-state index >= 15 is 0 Å². The van der Waals surface area contributed by atoms with Crippen LogP contribution in [0.25, 0.3) is 0 Å². The van der Waals surface area contributed by atoms with Gasteiger partial charge in [0.2, 0.25) is 23.8 Å². The van der Waals surface area contributed by atoms with Crippen molar-refractivity contribution in [2.75, 3.05) is 117 Å². The van der Waals surface area contributed by atoms with Crippen LogP contribution >= 0.6 is 47.0 Å². The van der Waals surface area contributed by atoms with Crippen molar-refractivity contribution >= 4 is 141 Å². The third-order valence-electron chi connectivity index (χ3n) is 22.6. The van der Waals surface area contributed by atoms with E-state index in [1.807, 2.05) is 41.8 Å². The summed E-state index contributed by atoms with van der Waals surface area (Å²) in [6.45, 7) is 31.5. The molecular formula is C78H118N24O20S4. The smallest absolute Gasteiger partial charge is 0.323 e. The van der Waals surface area contributed by atoms with Crippen LogP contribution in [0.3, 0.4) is 0 Å². The lowest BCUT2D eigenvalue weighted by atomic mass is 10.1. The first kappa shape index (κ1) is 96.6. The van der Waals surface area contributed by atoms with Gasteiger partial charge in [-0.1, -0.05) is 142 Å². The second kappa shape index (κ2) is 40.7. The van der Waals surface area contributed by atoms with E-state index in [4.69, 9.17) is 83.8 Å². The van der Waals surface area contributed by atoms with Gasteiger partial charge in [0, 0.05) is 39.3 Å². The van der Waals surface area contributed by atoms with Crippen molar-refractivity contribution in [3.05, 3.63) is 46.4 Å². The number of ether oxygens (including phenoxy) is 8. The molecule has 4 aromatic heterocycles. The number of aliphatic hydroxyl groups excluding tert-OH is 8. The van der Waals surface area contributed by atoms with Gasteiger partial charge >= 0.3 is 23.9 Å². The summed E-state index contributed by atoms with van der Waals surface area (Å²) >= 11 is 5.37. The number of aliphatic hydroxyl groups is 8. The fourth-order valence-corrected chi connectivity index (χ4v) is 18.8. The lowest BCUT2D eigenvalue weighted by molar-refractivity contribution is -0.152. The molecule has 5 saturated heterocycles. The molecule has 126 heavy (non-hydrogen) atoms. The Kier molecular flexibility index (Phi) is 31.2. The maximum Gasteiger partial charge on any atom is 0.323 e. The monoisotopic (exact) mass is 1840 g/mol. The van der Waals surface area contributed by atoms with Crippen LogP contribution in [-0.2, 0) is 57.1 Å². The molecule has 11 aliphatic rings. The van der Waals surface area contributed by atoms with E-state index in [0.29, 0.717) is 77.8 Å². The van der Waals surface area contributed by atoms with Crippen LogP contribution in [0.15, 0.2) is 66.0 Å². The highest BCUT2D eigenvalue weighted by Crippen LogP contribution is 2.56. The van der Waals surface area contributed by atoms with E-state index in [2.05, 4.69) is 81.7 Å². The van der Waals surface area contributed by atoms with Crippen molar-refractivity contribution in [1.82, 2.24) is 39.9 Å². The van der Waals surface area contributed by atoms with Crippen molar-refractivity contribution in [1.29, 1.82) is 0 Å². The van der Waals surface area contributed by atoms with Crippen LogP contribution in [-0.4, -0.2) is 293 Å². The Balaban J connectivity index is 0.000000153. The number of carbonyl (C=O) groups is 4. The molecule has 0 aromatic carbocycles. The molecule has 0 unspecified atom stereocenters. The first-order valence-corrected chi connectivity index (χ1v) is 44.9. The molecule has 15 rings (SSSR count). The number of hydrogen-bond acceptors (Lipinski definition) is 48. The lowest BCUT2D eigenvalue weighted by Crippen LogP contribution is -2.42. The summed E-state index contributed by atoms with van der Waals surface area (Å²) in [5.41, 5.74) is 46.9. The SMILES string of the molecule is C=C1Sc2c(N(C)C)nc(N)nc2N1[C@@H]1O[C@H](COC(=O)[C@@H](N)C(C)C)[C@@H](O)[C@H]1O.C=C1Sc2c(N3CCCC3)nc(N)nc2N1[C@@H]1O[C@H](COC(=O)[C@@H](N)C(C)C)[C@@H](O)[C@H]1O.C=C1Sc2c(NC3CC3)nc(N)nc2N1[C@@H]1O[C@H](COC(=O)[C@@H](N)C(C)C)[C@@H](O)[C@H]1O.C=C1Sc2c(NC3CCCC3)nc(N)nc2N1[C@@H]1O[C@H](COC(=O)[C@@H](N)C(C)C)[C@@H](O)[C@H]1O. The molecule has 48 heteroatoms. The number of esters is 4. The number of carbonyl (C=O) groups excluding carboxylic acids is 4. The maximum atomic E-state index is 12.1. The van der Waals surface area contributed by atoms with Gasteiger partial charge in [-0.3, -0.25) is 38.8 Å². The number of hydrogen-bond donors (Lipinski definition) is 18. The summed E-state index contributed by atoms with van der Waals surface area (Å²) in [5.74, 6) is 1.95. The highest BCUT2D eigenvalue weighted by molar-refractivity contribution is 8.04. The second-order valence-corrected chi connectivity index (χ2v) is 38.0. The van der Waals surface area contributed by atoms with E-state index < -0.39 is 146 Å². The molecule has 7 fully saturated rings. The van der Waals surface area contributed by atoms with E-state index in [-0.39, 0.29) is 73.9 Å². The molecule has 9 aliphatic heterocycles. The lowest BCUT2D eigenvalue weighted by Gasteiger charge is -2.28. The zero-order valence-electron chi connectivity index (χ0n) is 71.7. The van der Waals surface area contributed by atoms with Crippen molar-refractivity contribution in [3.8, 4) is 0 Å². The predicted molar refractivity (Wildman–Crippen MR) is 472 cm³/mol. The van der Waals surface area contributed by atoms with E-state index in [1.54, 1.807) is 52.2 Å². The highest BCUT2D eigenvalue weighted by atomic mass is 32.2. The molecule has 0 bridgehead atoms. The molecule has 0 amide bonds. The second-order valence-electron chi connectivity index (χ2n) is 33.7. The van der Waals surface area contributed by atoms with Gasteiger partial charge in [-0.2, -0.15) is 39.9 Å². The maximum absolute atomic E-state index is 12.1. The molecule has 2 aliphatic carbocycles. The van der Waals surface area contributed by atoms with Crippen molar-refractivity contribution in [2.24, 2.45) is 46.6 Å².